The lowest BCUT2D eigenvalue weighted by Crippen LogP contribution is -2.26. The second kappa shape index (κ2) is 8.85. The van der Waals surface area contributed by atoms with Crippen molar-refractivity contribution in [2.24, 2.45) is 0 Å². The third kappa shape index (κ3) is 5.31. The number of hydrogen-bond donors (Lipinski definition) is 2. The molecular formula is C22H23N3O2. The summed E-state index contributed by atoms with van der Waals surface area (Å²) < 4.78 is 5.14. The number of methoxy groups -OCH3 is 1. The number of anilines is 2. The van der Waals surface area contributed by atoms with Crippen LogP contribution in [0, 0.1) is 6.92 Å². The average molecular weight is 361 g/mol. The van der Waals surface area contributed by atoms with Crippen LogP contribution in [0.4, 0.5) is 11.4 Å². The van der Waals surface area contributed by atoms with Crippen LogP contribution in [-0.4, -0.2) is 24.5 Å². The van der Waals surface area contributed by atoms with Gasteiger partial charge in [-0.05, 0) is 60.9 Å². The molecule has 0 aliphatic heterocycles. The first kappa shape index (κ1) is 18.5. The molecule has 0 unspecified atom stereocenters. The summed E-state index contributed by atoms with van der Waals surface area (Å²) in [5.41, 5.74) is 4.56. The number of hydrogen-bond acceptors (Lipinski definition) is 4. The number of nitrogens with zero attached hydrogens (tertiary/aromatic N) is 1. The second-order valence-corrected chi connectivity index (χ2v) is 6.28. The predicted octanol–water partition coefficient (Wildman–Crippen LogP) is 4.11. The Kier molecular flexibility index (Phi) is 6.05. The van der Waals surface area contributed by atoms with Crippen molar-refractivity contribution in [3.05, 3.63) is 83.7 Å². The van der Waals surface area contributed by atoms with Gasteiger partial charge < -0.3 is 15.4 Å². The Morgan fingerprint density at radius 1 is 1.04 bits per heavy atom. The van der Waals surface area contributed by atoms with Crippen molar-refractivity contribution in [3.8, 4) is 5.75 Å². The number of nitrogens with one attached hydrogen (secondary N) is 2. The lowest BCUT2D eigenvalue weighted by molar-refractivity contribution is 0.0949. The van der Waals surface area contributed by atoms with Gasteiger partial charge in [0.1, 0.15) is 11.4 Å². The highest BCUT2D eigenvalue weighted by Gasteiger charge is 2.07. The van der Waals surface area contributed by atoms with E-state index in [2.05, 4.69) is 21.7 Å². The molecule has 5 heteroatoms. The molecule has 0 aliphatic carbocycles. The van der Waals surface area contributed by atoms with Crippen LogP contribution in [0.2, 0.25) is 0 Å². The average Bonchev–Trinajstić information content (AvgIpc) is 2.69. The van der Waals surface area contributed by atoms with Gasteiger partial charge in [-0.15, -0.1) is 0 Å². The quantitative estimate of drug-likeness (QED) is 0.665. The van der Waals surface area contributed by atoms with Crippen molar-refractivity contribution in [3.63, 3.8) is 0 Å². The lowest BCUT2D eigenvalue weighted by atomic mass is 10.1. The van der Waals surface area contributed by atoms with Crippen LogP contribution in [0.3, 0.4) is 0 Å². The third-order valence-corrected chi connectivity index (χ3v) is 4.16. The van der Waals surface area contributed by atoms with E-state index >= 15 is 0 Å². The monoisotopic (exact) mass is 361 g/mol. The van der Waals surface area contributed by atoms with E-state index in [-0.39, 0.29) is 5.91 Å². The highest BCUT2D eigenvalue weighted by molar-refractivity contribution is 5.92. The molecule has 1 aromatic heterocycles. The van der Waals surface area contributed by atoms with Crippen LogP contribution in [-0.2, 0) is 6.42 Å². The van der Waals surface area contributed by atoms with Gasteiger partial charge in [0.05, 0.1) is 19.0 Å². The SMILES string of the molecule is COc1ccc(CCNC(=O)c2ccc(Nc3cccc(C)c3)cn2)cc1. The fourth-order valence-corrected chi connectivity index (χ4v) is 2.69. The first-order valence-corrected chi connectivity index (χ1v) is 8.85. The Morgan fingerprint density at radius 3 is 2.52 bits per heavy atom. The third-order valence-electron chi connectivity index (χ3n) is 4.16. The molecule has 0 spiro atoms. The van der Waals surface area contributed by atoms with Gasteiger partial charge in [-0.3, -0.25) is 4.79 Å². The number of pyridine rings is 1. The molecule has 1 heterocycles. The number of aryl methyl sites for hydroxylation is 1. The van der Waals surface area contributed by atoms with Gasteiger partial charge in [0, 0.05) is 12.2 Å². The van der Waals surface area contributed by atoms with Crippen LogP contribution in [0.1, 0.15) is 21.6 Å². The topological polar surface area (TPSA) is 63.2 Å². The summed E-state index contributed by atoms with van der Waals surface area (Å²) >= 11 is 0. The summed E-state index contributed by atoms with van der Waals surface area (Å²) in [5.74, 6) is 0.650. The van der Waals surface area contributed by atoms with Gasteiger partial charge in [0.15, 0.2) is 0 Å². The van der Waals surface area contributed by atoms with Crippen molar-refractivity contribution in [2.45, 2.75) is 13.3 Å². The molecule has 27 heavy (non-hydrogen) atoms. The Balaban J connectivity index is 1.51. The van der Waals surface area contributed by atoms with Crippen molar-refractivity contribution in [2.75, 3.05) is 19.0 Å². The maximum atomic E-state index is 12.2. The lowest BCUT2D eigenvalue weighted by Gasteiger charge is -2.08. The summed E-state index contributed by atoms with van der Waals surface area (Å²) in [4.78, 5) is 16.5. The Hall–Kier alpha value is -3.34. The molecule has 2 aromatic carbocycles. The van der Waals surface area contributed by atoms with Crippen LogP contribution in [0.25, 0.3) is 0 Å². The van der Waals surface area contributed by atoms with Crippen molar-refractivity contribution in [1.82, 2.24) is 10.3 Å². The van der Waals surface area contributed by atoms with E-state index in [1.165, 1.54) is 5.56 Å². The molecule has 138 valence electrons. The van der Waals surface area contributed by atoms with Crippen LogP contribution < -0.4 is 15.4 Å². The molecule has 0 saturated carbocycles. The fraction of sp³-hybridized carbons (Fsp3) is 0.182. The van der Waals surface area contributed by atoms with Gasteiger partial charge >= 0.3 is 0 Å². The maximum Gasteiger partial charge on any atom is 0.269 e. The van der Waals surface area contributed by atoms with Crippen LogP contribution in [0.5, 0.6) is 5.75 Å². The highest BCUT2D eigenvalue weighted by atomic mass is 16.5. The maximum absolute atomic E-state index is 12.2. The van der Waals surface area contributed by atoms with Crippen LogP contribution in [0.15, 0.2) is 66.9 Å². The van der Waals surface area contributed by atoms with E-state index in [0.717, 1.165) is 29.1 Å². The summed E-state index contributed by atoms with van der Waals surface area (Å²) in [6.45, 7) is 2.60. The largest absolute Gasteiger partial charge is 0.497 e. The number of aromatic nitrogens is 1. The molecule has 0 fully saturated rings. The molecule has 0 saturated heterocycles. The molecule has 0 radical (unpaired) electrons. The molecule has 0 aliphatic rings. The molecule has 1 amide bonds. The van der Waals surface area contributed by atoms with Gasteiger partial charge in [-0.2, -0.15) is 0 Å². The van der Waals surface area contributed by atoms with Crippen molar-refractivity contribution < 1.29 is 9.53 Å². The first-order valence-electron chi connectivity index (χ1n) is 8.85. The van der Waals surface area contributed by atoms with Gasteiger partial charge in [-0.1, -0.05) is 24.3 Å². The molecular weight excluding hydrogens is 338 g/mol. The van der Waals surface area contributed by atoms with Gasteiger partial charge in [0.2, 0.25) is 0 Å². The van der Waals surface area contributed by atoms with Crippen LogP contribution >= 0.6 is 0 Å². The van der Waals surface area contributed by atoms with Crippen molar-refractivity contribution in [1.29, 1.82) is 0 Å². The molecule has 3 rings (SSSR count). The number of amides is 1. The zero-order chi connectivity index (χ0) is 19.1. The Labute approximate surface area is 159 Å². The molecule has 0 atom stereocenters. The molecule has 5 nitrogen and oxygen atoms in total. The molecule has 0 bridgehead atoms. The molecule has 2 N–H and O–H groups in total. The smallest absolute Gasteiger partial charge is 0.269 e. The minimum Gasteiger partial charge on any atom is -0.497 e. The minimum absolute atomic E-state index is 0.175. The number of ether oxygens (including phenoxy) is 1. The van der Waals surface area contributed by atoms with E-state index in [0.29, 0.717) is 12.2 Å². The number of carbonyl (C=O) groups excluding carboxylic acids is 1. The number of rotatable bonds is 7. The second-order valence-electron chi connectivity index (χ2n) is 6.28. The number of benzene rings is 2. The zero-order valence-electron chi connectivity index (χ0n) is 15.5. The predicted molar refractivity (Wildman–Crippen MR) is 108 cm³/mol. The molecule has 3 aromatic rings. The summed E-state index contributed by atoms with van der Waals surface area (Å²) in [6, 6.07) is 19.5. The fourth-order valence-electron chi connectivity index (χ4n) is 2.69. The standard InChI is InChI=1S/C22H23N3O2/c1-16-4-3-5-18(14-16)25-19-8-11-21(24-15-19)22(26)23-13-12-17-6-9-20(27-2)10-7-17/h3-11,14-15,25H,12-13H2,1-2H3,(H,23,26). The van der Waals surface area contributed by atoms with E-state index in [1.807, 2.05) is 55.5 Å². The van der Waals surface area contributed by atoms with E-state index < -0.39 is 0 Å². The Morgan fingerprint density at radius 2 is 1.85 bits per heavy atom. The summed E-state index contributed by atoms with van der Waals surface area (Å²) in [5, 5.41) is 6.18. The normalized spacial score (nSPS) is 10.3. The van der Waals surface area contributed by atoms with E-state index in [9.17, 15) is 4.79 Å². The summed E-state index contributed by atoms with van der Waals surface area (Å²) in [6.07, 6.45) is 2.42. The zero-order valence-corrected chi connectivity index (χ0v) is 15.5. The number of carbonyl (C=O) groups is 1. The van der Waals surface area contributed by atoms with Gasteiger partial charge in [-0.25, -0.2) is 4.98 Å². The Bertz CT molecular complexity index is 890. The highest BCUT2D eigenvalue weighted by Crippen LogP contribution is 2.17. The van der Waals surface area contributed by atoms with E-state index in [4.69, 9.17) is 4.74 Å². The summed E-state index contributed by atoms with van der Waals surface area (Å²) in [7, 11) is 1.64. The minimum atomic E-state index is -0.175. The van der Waals surface area contributed by atoms with Gasteiger partial charge in [0.25, 0.3) is 5.91 Å². The van der Waals surface area contributed by atoms with Crippen molar-refractivity contribution >= 4 is 17.3 Å². The first-order chi connectivity index (χ1) is 13.1. The van der Waals surface area contributed by atoms with E-state index in [1.54, 1.807) is 19.4 Å².